The Hall–Kier alpha value is -0.780. The van der Waals surface area contributed by atoms with E-state index in [0.29, 0.717) is 11.5 Å². The summed E-state index contributed by atoms with van der Waals surface area (Å²) in [6.07, 6.45) is 0.918. The second kappa shape index (κ2) is 7.12. The van der Waals surface area contributed by atoms with Gasteiger partial charge in [-0.05, 0) is 43.6 Å². The number of halogens is 2. The maximum absolute atomic E-state index is 12.1. The highest BCUT2D eigenvalue weighted by Crippen LogP contribution is 2.22. The van der Waals surface area contributed by atoms with Gasteiger partial charge in [-0.15, -0.1) is 12.4 Å². The van der Waals surface area contributed by atoms with E-state index < -0.39 is 0 Å². The number of benzene rings is 1. The summed E-state index contributed by atoms with van der Waals surface area (Å²) in [7, 11) is 0. The molecule has 0 spiro atoms. The summed E-state index contributed by atoms with van der Waals surface area (Å²) in [5, 5.41) is 16.0. The zero-order valence-corrected chi connectivity index (χ0v) is 13.1. The minimum Gasteiger partial charge on any atom is -0.507 e. The maximum atomic E-state index is 12.1. The molecule has 0 aromatic heterocycles. The van der Waals surface area contributed by atoms with Gasteiger partial charge in [0.1, 0.15) is 5.75 Å². The molecule has 3 N–H and O–H groups in total. The van der Waals surface area contributed by atoms with Gasteiger partial charge in [0.25, 0.3) is 5.91 Å². The fraction of sp³-hybridized carbons (Fsp3) is 0.462. The Kier molecular flexibility index (Phi) is 6.10. The van der Waals surface area contributed by atoms with E-state index in [2.05, 4.69) is 33.5 Å². The second-order valence-electron chi connectivity index (χ2n) is 4.71. The first-order valence-corrected chi connectivity index (χ1v) is 6.87. The molecule has 1 aromatic rings. The van der Waals surface area contributed by atoms with Crippen molar-refractivity contribution in [3.05, 3.63) is 28.2 Å². The molecule has 2 rings (SSSR count). The van der Waals surface area contributed by atoms with Gasteiger partial charge in [0.2, 0.25) is 0 Å². The van der Waals surface area contributed by atoms with Gasteiger partial charge < -0.3 is 15.7 Å². The Bertz CT molecular complexity index is 456. The van der Waals surface area contributed by atoms with Crippen molar-refractivity contribution in [3.63, 3.8) is 0 Å². The summed E-state index contributed by atoms with van der Waals surface area (Å²) in [5.41, 5.74) is 0.315. The number of phenolic OH excluding ortho intramolecular Hbond substituents is 1. The molecule has 1 saturated heterocycles. The van der Waals surface area contributed by atoms with Crippen LogP contribution >= 0.6 is 28.3 Å². The van der Waals surface area contributed by atoms with Crippen LogP contribution in [0.3, 0.4) is 0 Å². The van der Waals surface area contributed by atoms with Crippen LogP contribution in [0.5, 0.6) is 5.75 Å². The highest BCUT2D eigenvalue weighted by atomic mass is 79.9. The summed E-state index contributed by atoms with van der Waals surface area (Å²) in [6, 6.07) is 5.03. The van der Waals surface area contributed by atoms with E-state index in [0.717, 1.165) is 24.0 Å². The number of carbonyl (C=O) groups excluding carboxylic acids is 1. The van der Waals surface area contributed by atoms with Crippen LogP contribution in [0.15, 0.2) is 22.7 Å². The van der Waals surface area contributed by atoms with Crippen molar-refractivity contribution >= 4 is 34.2 Å². The molecule has 0 aliphatic carbocycles. The van der Waals surface area contributed by atoms with Crippen molar-refractivity contribution < 1.29 is 9.90 Å². The average Bonchev–Trinajstić information content (AvgIpc) is 2.35. The van der Waals surface area contributed by atoms with Crippen LogP contribution in [0, 0.1) is 5.92 Å². The molecule has 1 fully saturated rings. The number of aromatic hydroxyl groups is 1. The summed E-state index contributed by atoms with van der Waals surface area (Å²) in [6.45, 7) is 3.94. The summed E-state index contributed by atoms with van der Waals surface area (Å²) >= 11 is 3.30. The predicted octanol–water partition coefficient (Wildman–Crippen LogP) is 2.30. The monoisotopic (exact) mass is 348 g/mol. The lowest BCUT2D eigenvalue weighted by Crippen LogP contribution is -2.48. The fourth-order valence-corrected chi connectivity index (χ4v) is 2.53. The third-order valence-electron chi connectivity index (χ3n) is 3.31. The summed E-state index contributed by atoms with van der Waals surface area (Å²) in [5.74, 6) is 0.196. The Labute approximate surface area is 127 Å². The third-order valence-corrected chi connectivity index (χ3v) is 3.80. The molecular formula is C13H18BrClN2O2. The molecule has 19 heavy (non-hydrogen) atoms. The maximum Gasteiger partial charge on any atom is 0.255 e. The van der Waals surface area contributed by atoms with Crippen LogP contribution in [0.4, 0.5) is 0 Å². The quantitative estimate of drug-likeness (QED) is 0.768. The van der Waals surface area contributed by atoms with Gasteiger partial charge in [-0.3, -0.25) is 4.79 Å². The lowest BCUT2D eigenvalue weighted by molar-refractivity contribution is 0.0911. The van der Waals surface area contributed by atoms with E-state index in [4.69, 9.17) is 0 Å². The number of amides is 1. The van der Waals surface area contributed by atoms with Crippen LogP contribution < -0.4 is 10.6 Å². The van der Waals surface area contributed by atoms with Crippen molar-refractivity contribution in [1.29, 1.82) is 0 Å². The normalized spacial score (nSPS) is 22.4. The van der Waals surface area contributed by atoms with Gasteiger partial charge in [-0.25, -0.2) is 0 Å². The largest absolute Gasteiger partial charge is 0.507 e. The van der Waals surface area contributed by atoms with Gasteiger partial charge >= 0.3 is 0 Å². The predicted molar refractivity (Wildman–Crippen MR) is 81.0 cm³/mol. The van der Waals surface area contributed by atoms with Crippen molar-refractivity contribution in [2.75, 3.05) is 13.1 Å². The molecule has 106 valence electrons. The van der Waals surface area contributed by atoms with Gasteiger partial charge in [-0.1, -0.05) is 22.9 Å². The minimum absolute atomic E-state index is 0. The average molecular weight is 350 g/mol. The van der Waals surface area contributed by atoms with Crippen molar-refractivity contribution in [1.82, 2.24) is 10.6 Å². The lowest BCUT2D eigenvalue weighted by atomic mass is 9.95. The highest BCUT2D eigenvalue weighted by molar-refractivity contribution is 9.10. The smallest absolute Gasteiger partial charge is 0.255 e. The molecule has 1 aliphatic rings. The topological polar surface area (TPSA) is 61.4 Å². The number of piperidine rings is 1. The molecule has 1 heterocycles. The van der Waals surface area contributed by atoms with E-state index in [1.54, 1.807) is 12.1 Å². The molecule has 6 heteroatoms. The van der Waals surface area contributed by atoms with E-state index in [9.17, 15) is 9.90 Å². The molecule has 0 radical (unpaired) electrons. The number of rotatable bonds is 2. The van der Waals surface area contributed by atoms with Crippen LogP contribution in [0.1, 0.15) is 23.7 Å². The number of hydrogen-bond acceptors (Lipinski definition) is 3. The fourth-order valence-electron chi connectivity index (χ4n) is 2.16. The number of hydrogen-bond donors (Lipinski definition) is 3. The van der Waals surface area contributed by atoms with E-state index in [1.807, 2.05) is 0 Å². The zero-order chi connectivity index (χ0) is 13.1. The zero-order valence-electron chi connectivity index (χ0n) is 10.6. The standard InChI is InChI=1S/C13H17BrN2O2.ClH/c1-8-7-15-5-4-11(8)16-13(18)10-6-9(14)2-3-12(10)17;/h2-3,6,8,11,15,17H,4-5,7H2,1H3,(H,16,18);1H. The minimum atomic E-state index is -0.215. The summed E-state index contributed by atoms with van der Waals surface area (Å²) < 4.78 is 0.781. The van der Waals surface area contributed by atoms with Crippen molar-refractivity contribution in [2.24, 2.45) is 5.92 Å². The van der Waals surface area contributed by atoms with E-state index in [1.165, 1.54) is 6.07 Å². The third kappa shape index (κ3) is 4.09. The van der Waals surface area contributed by atoms with Crippen LogP contribution in [0.25, 0.3) is 0 Å². The molecule has 4 nitrogen and oxygen atoms in total. The van der Waals surface area contributed by atoms with Crippen molar-refractivity contribution in [3.8, 4) is 5.75 Å². The highest BCUT2D eigenvalue weighted by Gasteiger charge is 2.24. The summed E-state index contributed by atoms with van der Waals surface area (Å²) in [4.78, 5) is 12.1. The van der Waals surface area contributed by atoms with Gasteiger partial charge in [-0.2, -0.15) is 0 Å². The Balaban J connectivity index is 0.00000180. The number of carbonyl (C=O) groups is 1. The molecule has 1 amide bonds. The van der Waals surface area contributed by atoms with E-state index >= 15 is 0 Å². The van der Waals surface area contributed by atoms with Crippen LogP contribution in [-0.4, -0.2) is 30.1 Å². The van der Waals surface area contributed by atoms with Crippen LogP contribution in [-0.2, 0) is 0 Å². The second-order valence-corrected chi connectivity index (χ2v) is 5.63. The molecule has 2 atom stereocenters. The first kappa shape index (κ1) is 16.3. The lowest BCUT2D eigenvalue weighted by Gasteiger charge is -2.30. The number of phenols is 1. The van der Waals surface area contributed by atoms with Crippen LogP contribution in [0.2, 0.25) is 0 Å². The molecule has 1 aliphatic heterocycles. The molecule has 1 aromatic carbocycles. The molecule has 2 unspecified atom stereocenters. The van der Waals surface area contributed by atoms with Gasteiger partial charge in [0.15, 0.2) is 0 Å². The van der Waals surface area contributed by atoms with Gasteiger partial charge in [0, 0.05) is 10.5 Å². The van der Waals surface area contributed by atoms with Gasteiger partial charge in [0.05, 0.1) is 5.56 Å². The Morgan fingerprint density at radius 2 is 2.26 bits per heavy atom. The first-order chi connectivity index (χ1) is 8.58. The molecular weight excluding hydrogens is 332 g/mol. The Morgan fingerprint density at radius 1 is 1.53 bits per heavy atom. The SMILES string of the molecule is CC1CNCCC1NC(=O)c1cc(Br)ccc1O.Cl. The van der Waals surface area contributed by atoms with E-state index in [-0.39, 0.29) is 30.1 Å². The molecule has 0 saturated carbocycles. The molecule has 0 bridgehead atoms. The number of nitrogens with one attached hydrogen (secondary N) is 2. The first-order valence-electron chi connectivity index (χ1n) is 6.08. The van der Waals surface area contributed by atoms with Crippen molar-refractivity contribution in [2.45, 2.75) is 19.4 Å². The Morgan fingerprint density at radius 3 is 2.95 bits per heavy atom.